The first-order valence-corrected chi connectivity index (χ1v) is 8.01. The number of hydrogen-bond donors (Lipinski definition) is 2. The van der Waals surface area contributed by atoms with E-state index >= 15 is 0 Å². The van der Waals surface area contributed by atoms with Crippen LogP contribution >= 0.6 is 11.6 Å². The van der Waals surface area contributed by atoms with E-state index in [-0.39, 0.29) is 0 Å². The fraction of sp³-hybridized carbons (Fsp3) is 0.211. The average Bonchev–Trinajstić information content (AvgIpc) is 2.59. The molecule has 128 valence electrons. The number of amides is 2. The van der Waals surface area contributed by atoms with Gasteiger partial charge in [-0.2, -0.15) is 5.26 Å². The Bertz CT molecular complexity index is 852. The van der Waals surface area contributed by atoms with E-state index in [9.17, 15) is 9.59 Å². The Morgan fingerprint density at radius 2 is 1.64 bits per heavy atom. The van der Waals surface area contributed by atoms with E-state index in [1.165, 1.54) is 0 Å². The van der Waals surface area contributed by atoms with E-state index in [2.05, 4.69) is 10.6 Å². The van der Waals surface area contributed by atoms with Crippen LogP contribution in [-0.4, -0.2) is 11.8 Å². The monoisotopic (exact) mass is 355 g/mol. The number of carbonyl (C=O) groups excluding carboxylic acids is 2. The van der Waals surface area contributed by atoms with Crippen molar-refractivity contribution in [1.82, 2.24) is 0 Å². The van der Waals surface area contributed by atoms with E-state index in [1.54, 1.807) is 63.2 Å². The molecular weight excluding hydrogens is 338 g/mol. The quantitative estimate of drug-likeness (QED) is 0.809. The van der Waals surface area contributed by atoms with Crippen LogP contribution in [0.5, 0.6) is 0 Å². The van der Waals surface area contributed by atoms with Gasteiger partial charge in [-0.05, 0) is 62.7 Å². The molecule has 0 aliphatic heterocycles. The Balaban J connectivity index is 2.12. The predicted molar refractivity (Wildman–Crippen MR) is 98.4 cm³/mol. The Labute approximate surface area is 151 Å². The smallest absolute Gasteiger partial charge is 0.239 e. The van der Waals surface area contributed by atoms with Gasteiger partial charge in [-0.1, -0.05) is 17.7 Å². The number of rotatable bonds is 4. The molecule has 0 heterocycles. The molecule has 0 saturated heterocycles. The highest BCUT2D eigenvalue weighted by molar-refractivity contribution is 6.31. The van der Waals surface area contributed by atoms with Crippen molar-refractivity contribution in [2.45, 2.75) is 20.8 Å². The molecule has 0 atom stereocenters. The molecule has 0 spiro atoms. The van der Waals surface area contributed by atoms with Crippen molar-refractivity contribution >= 4 is 34.8 Å². The second-order valence-electron chi connectivity index (χ2n) is 6.13. The fourth-order valence-corrected chi connectivity index (χ4v) is 2.21. The van der Waals surface area contributed by atoms with Crippen molar-refractivity contribution in [2.75, 3.05) is 10.6 Å². The SMILES string of the molecule is Cc1c(Cl)cccc1NC(=O)C(C)(C)C(=O)Nc1ccc(C#N)cc1. The van der Waals surface area contributed by atoms with Crippen molar-refractivity contribution in [3.8, 4) is 6.07 Å². The summed E-state index contributed by atoms with van der Waals surface area (Å²) in [6.07, 6.45) is 0. The molecule has 0 unspecified atom stereocenters. The maximum atomic E-state index is 12.6. The number of nitrogens with zero attached hydrogens (tertiary/aromatic N) is 1. The van der Waals surface area contributed by atoms with Gasteiger partial charge in [0.1, 0.15) is 5.41 Å². The third-order valence-electron chi connectivity index (χ3n) is 3.92. The van der Waals surface area contributed by atoms with Gasteiger partial charge >= 0.3 is 0 Å². The molecule has 0 fully saturated rings. The summed E-state index contributed by atoms with van der Waals surface area (Å²) in [6.45, 7) is 4.88. The minimum Gasteiger partial charge on any atom is -0.325 e. The molecule has 2 N–H and O–H groups in total. The maximum Gasteiger partial charge on any atom is 0.239 e. The predicted octanol–water partition coefficient (Wildman–Crippen LogP) is 4.12. The second-order valence-corrected chi connectivity index (χ2v) is 6.54. The van der Waals surface area contributed by atoms with Crippen LogP contribution in [0.2, 0.25) is 5.02 Å². The third kappa shape index (κ3) is 4.17. The van der Waals surface area contributed by atoms with Gasteiger partial charge in [0, 0.05) is 16.4 Å². The zero-order chi connectivity index (χ0) is 18.6. The van der Waals surface area contributed by atoms with Crippen LogP contribution in [0.15, 0.2) is 42.5 Å². The number of carbonyl (C=O) groups is 2. The van der Waals surface area contributed by atoms with Crippen molar-refractivity contribution in [2.24, 2.45) is 5.41 Å². The molecule has 5 nitrogen and oxygen atoms in total. The van der Waals surface area contributed by atoms with Crippen molar-refractivity contribution in [3.63, 3.8) is 0 Å². The maximum absolute atomic E-state index is 12.6. The minimum atomic E-state index is -1.30. The fourth-order valence-electron chi connectivity index (χ4n) is 2.04. The van der Waals surface area contributed by atoms with Gasteiger partial charge in [0.05, 0.1) is 11.6 Å². The summed E-state index contributed by atoms with van der Waals surface area (Å²) in [5, 5.41) is 14.8. The Hall–Kier alpha value is -2.84. The summed E-state index contributed by atoms with van der Waals surface area (Å²) in [7, 11) is 0. The average molecular weight is 356 g/mol. The van der Waals surface area contributed by atoms with Gasteiger partial charge in [-0.15, -0.1) is 0 Å². The third-order valence-corrected chi connectivity index (χ3v) is 4.33. The number of benzene rings is 2. The number of nitriles is 1. The molecule has 0 aromatic heterocycles. The van der Waals surface area contributed by atoms with Gasteiger partial charge in [0.15, 0.2) is 0 Å². The van der Waals surface area contributed by atoms with Gasteiger partial charge in [-0.25, -0.2) is 0 Å². The molecule has 0 aliphatic carbocycles. The number of hydrogen-bond acceptors (Lipinski definition) is 3. The highest BCUT2D eigenvalue weighted by Crippen LogP contribution is 2.26. The number of nitrogens with one attached hydrogen (secondary N) is 2. The first kappa shape index (κ1) is 18.5. The summed E-state index contributed by atoms with van der Waals surface area (Å²) >= 11 is 6.05. The van der Waals surface area contributed by atoms with E-state index in [0.29, 0.717) is 22.0 Å². The van der Waals surface area contributed by atoms with E-state index in [1.807, 2.05) is 6.07 Å². The van der Waals surface area contributed by atoms with E-state index < -0.39 is 17.2 Å². The van der Waals surface area contributed by atoms with Crippen LogP contribution in [0.4, 0.5) is 11.4 Å². The van der Waals surface area contributed by atoms with Crippen LogP contribution in [-0.2, 0) is 9.59 Å². The minimum absolute atomic E-state index is 0.441. The van der Waals surface area contributed by atoms with Crippen molar-refractivity contribution in [3.05, 3.63) is 58.6 Å². The first-order valence-electron chi connectivity index (χ1n) is 7.64. The summed E-state index contributed by atoms with van der Waals surface area (Å²) in [5.74, 6) is -0.890. The molecule has 25 heavy (non-hydrogen) atoms. The molecule has 0 saturated carbocycles. The molecule has 2 aromatic rings. The van der Waals surface area contributed by atoms with Crippen molar-refractivity contribution < 1.29 is 9.59 Å². The van der Waals surface area contributed by atoms with Gasteiger partial charge in [-0.3, -0.25) is 9.59 Å². The van der Waals surface area contributed by atoms with E-state index in [0.717, 1.165) is 5.56 Å². The lowest BCUT2D eigenvalue weighted by molar-refractivity contribution is -0.135. The molecule has 2 aromatic carbocycles. The zero-order valence-corrected chi connectivity index (χ0v) is 14.9. The molecule has 0 aliphatic rings. The van der Waals surface area contributed by atoms with E-state index in [4.69, 9.17) is 16.9 Å². The van der Waals surface area contributed by atoms with Gasteiger partial charge < -0.3 is 10.6 Å². The lowest BCUT2D eigenvalue weighted by atomic mass is 9.90. The molecule has 2 amide bonds. The van der Waals surface area contributed by atoms with Crippen LogP contribution in [0.3, 0.4) is 0 Å². The molecule has 2 rings (SSSR count). The highest BCUT2D eigenvalue weighted by atomic mass is 35.5. The summed E-state index contributed by atoms with van der Waals surface area (Å²) in [4.78, 5) is 25.1. The molecule has 0 bridgehead atoms. The van der Waals surface area contributed by atoms with Crippen LogP contribution in [0.1, 0.15) is 25.0 Å². The van der Waals surface area contributed by atoms with Crippen molar-refractivity contribution in [1.29, 1.82) is 5.26 Å². The summed E-state index contributed by atoms with van der Waals surface area (Å²) in [5.41, 5.74) is 1.01. The largest absolute Gasteiger partial charge is 0.325 e. The Morgan fingerprint density at radius 1 is 1.04 bits per heavy atom. The van der Waals surface area contributed by atoms with Crippen LogP contribution in [0, 0.1) is 23.7 Å². The standard InChI is InChI=1S/C19H18ClN3O2/c1-12-15(20)5-4-6-16(12)23-18(25)19(2,3)17(24)22-14-9-7-13(11-21)8-10-14/h4-10H,1-3H3,(H,22,24)(H,23,25). The Kier molecular flexibility index (Phi) is 5.45. The normalized spacial score (nSPS) is 10.7. The lowest BCUT2D eigenvalue weighted by Gasteiger charge is -2.23. The lowest BCUT2D eigenvalue weighted by Crippen LogP contribution is -2.41. The number of anilines is 2. The van der Waals surface area contributed by atoms with Gasteiger partial charge in [0.25, 0.3) is 0 Å². The second kappa shape index (κ2) is 7.37. The van der Waals surface area contributed by atoms with Crippen LogP contribution in [0.25, 0.3) is 0 Å². The number of halogens is 1. The molecule has 0 radical (unpaired) electrons. The molecular formula is C19H18ClN3O2. The summed E-state index contributed by atoms with van der Waals surface area (Å²) < 4.78 is 0. The Morgan fingerprint density at radius 3 is 2.24 bits per heavy atom. The first-order chi connectivity index (χ1) is 11.8. The molecule has 6 heteroatoms. The topological polar surface area (TPSA) is 82.0 Å². The zero-order valence-electron chi connectivity index (χ0n) is 14.2. The highest BCUT2D eigenvalue weighted by Gasteiger charge is 2.36. The summed E-state index contributed by atoms with van der Waals surface area (Å²) in [6, 6.07) is 13.6. The van der Waals surface area contributed by atoms with Crippen LogP contribution < -0.4 is 10.6 Å². The van der Waals surface area contributed by atoms with Gasteiger partial charge in [0.2, 0.25) is 11.8 Å².